The van der Waals surface area contributed by atoms with Crippen LogP contribution in [0, 0.1) is 23.7 Å². The van der Waals surface area contributed by atoms with E-state index in [1.807, 2.05) is 93.8 Å². The van der Waals surface area contributed by atoms with Crippen LogP contribution in [0.2, 0.25) is 5.02 Å². The van der Waals surface area contributed by atoms with E-state index in [1.165, 1.54) is 0 Å². The highest BCUT2D eigenvalue weighted by atomic mass is 35.5. The summed E-state index contributed by atoms with van der Waals surface area (Å²) in [5.41, 5.74) is 1.09. The third kappa shape index (κ3) is 16.7. The molecule has 0 radical (unpaired) electrons. The fourth-order valence-electron chi connectivity index (χ4n) is 9.19. The van der Waals surface area contributed by atoms with Crippen LogP contribution in [0.3, 0.4) is 0 Å². The maximum atomic E-state index is 10.3. The fraction of sp³-hybridized carbons (Fsp3) is 0.837. The van der Waals surface area contributed by atoms with Crippen LogP contribution in [0.4, 0.5) is 0 Å². The monoisotopic (exact) mass is 856 g/mol. The summed E-state index contributed by atoms with van der Waals surface area (Å²) in [5.74, 6) is 1.89. The molecule has 0 amide bonds. The molecule has 4 aliphatic rings. The lowest BCUT2D eigenvalue weighted by molar-refractivity contribution is -0.237. The number of halogens is 1. The molecular weight excluding hydrogens is 766 g/mol. The van der Waals surface area contributed by atoms with Gasteiger partial charge in [-0.1, -0.05) is 125 Å². The molecule has 0 bridgehead atoms. The number of hydrogen-bond acceptors (Lipinski definition) is 9. The van der Waals surface area contributed by atoms with E-state index in [-0.39, 0.29) is 55.1 Å². The molecule has 0 aliphatic carbocycles. The molecule has 0 aromatic heterocycles. The Morgan fingerprint density at radius 1 is 0.898 bits per heavy atom. The van der Waals surface area contributed by atoms with Crippen LogP contribution < -0.4 is 0 Å². The summed E-state index contributed by atoms with van der Waals surface area (Å²) >= 11 is 6.19. The lowest BCUT2D eigenvalue weighted by Gasteiger charge is -2.41. The first kappa shape index (κ1) is 55.7. The van der Waals surface area contributed by atoms with E-state index in [9.17, 15) is 5.11 Å². The van der Waals surface area contributed by atoms with Gasteiger partial charge in [0.15, 0.2) is 6.29 Å². The molecule has 59 heavy (non-hydrogen) atoms. The second-order valence-corrected chi connectivity index (χ2v) is 17.2. The number of aliphatic hydroxyl groups excluding tert-OH is 1. The van der Waals surface area contributed by atoms with Gasteiger partial charge >= 0.3 is 0 Å². The molecule has 0 spiro atoms. The van der Waals surface area contributed by atoms with E-state index in [0.29, 0.717) is 36.5 Å². The number of benzene rings is 1. The number of hydrogen-bond donors (Lipinski definition) is 1. The van der Waals surface area contributed by atoms with Gasteiger partial charge in [-0.15, -0.1) is 0 Å². The molecule has 1 N–H and O–H groups in total. The van der Waals surface area contributed by atoms with Crippen molar-refractivity contribution in [2.45, 2.75) is 222 Å². The first-order valence-electron chi connectivity index (χ1n) is 23.3. The Balaban J connectivity index is 0.000000588. The molecule has 4 heterocycles. The third-order valence-corrected chi connectivity index (χ3v) is 12.5. The Morgan fingerprint density at radius 2 is 1.53 bits per heavy atom. The van der Waals surface area contributed by atoms with Crippen molar-refractivity contribution in [1.29, 1.82) is 0 Å². The minimum absolute atomic E-state index is 0.000400. The Hall–Kier alpha value is -1.27. The Labute approximate surface area is 367 Å². The number of unbranched alkanes of at least 4 members (excludes halogenated alkanes) is 1. The van der Waals surface area contributed by atoms with Crippen LogP contribution in [-0.4, -0.2) is 98.2 Å². The second-order valence-electron chi connectivity index (χ2n) is 16.8. The van der Waals surface area contributed by atoms with Gasteiger partial charge in [-0.2, -0.15) is 0 Å². The van der Waals surface area contributed by atoms with Crippen molar-refractivity contribution in [3.63, 3.8) is 0 Å². The van der Waals surface area contributed by atoms with E-state index in [2.05, 4.69) is 53.0 Å². The van der Waals surface area contributed by atoms with Crippen LogP contribution in [0.5, 0.6) is 0 Å². The smallest absolute Gasteiger partial charge is 0.202 e. The van der Waals surface area contributed by atoms with Crippen LogP contribution >= 0.6 is 11.6 Å². The molecule has 4 fully saturated rings. The van der Waals surface area contributed by atoms with Gasteiger partial charge < -0.3 is 38.3 Å². The predicted molar refractivity (Wildman–Crippen MR) is 245 cm³/mol. The zero-order valence-corrected chi connectivity index (χ0v) is 41.3. The van der Waals surface area contributed by atoms with E-state index >= 15 is 0 Å². The topological polar surface area (TPSA) is 91.4 Å². The number of epoxide rings is 1. The summed E-state index contributed by atoms with van der Waals surface area (Å²) in [7, 11) is 5.58. The van der Waals surface area contributed by atoms with Crippen molar-refractivity contribution in [2.75, 3.05) is 21.3 Å². The molecule has 9 nitrogen and oxygen atoms in total. The van der Waals surface area contributed by atoms with Gasteiger partial charge in [-0.3, -0.25) is 4.90 Å². The van der Waals surface area contributed by atoms with Crippen LogP contribution in [0.15, 0.2) is 36.6 Å². The van der Waals surface area contributed by atoms with Crippen LogP contribution in [0.1, 0.15) is 154 Å². The van der Waals surface area contributed by atoms with E-state index in [1.54, 1.807) is 7.11 Å². The van der Waals surface area contributed by atoms with Gasteiger partial charge in [-0.05, 0) is 82.9 Å². The van der Waals surface area contributed by atoms with Gasteiger partial charge in [0.2, 0.25) is 5.79 Å². The molecule has 5 rings (SSSR count). The number of aliphatic hydroxyl groups is 1. The van der Waals surface area contributed by atoms with Crippen molar-refractivity contribution >= 4 is 11.6 Å². The number of rotatable bonds is 10. The molecule has 0 saturated carbocycles. The van der Waals surface area contributed by atoms with Gasteiger partial charge in [0, 0.05) is 44.2 Å². The number of ether oxygens (including phenoxy) is 7. The molecule has 4 aliphatic heterocycles. The van der Waals surface area contributed by atoms with Crippen molar-refractivity contribution in [3.05, 3.63) is 47.2 Å². The highest BCUT2D eigenvalue weighted by molar-refractivity contribution is 6.31. The van der Waals surface area contributed by atoms with Crippen LogP contribution in [-0.2, 0) is 39.7 Å². The SMILES string of the molecule is C=C1CC(OC2CC3(OC)OC3C(C)O2)C(C)CC(C)CC(C)C(OC)C(C)C(CCCC)O1.CC.CC.CC.CC1CC(N(C)Cc2ccccc2Cl)C(O)C(C)O1. The number of nitrogens with zero attached hydrogens (tertiary/aromatic N) is 1. The average Bonchev–Trinajstić information content (AvgIpc) is 3.96. The third-order valence-electron chi connectivity index (χ3n) is 12.2. The summed E-state index contributed by atoms with van der Waals surface area (Å²) < 4.78 is 42.6. The predicted octanol–water partition coefficient (Wildman–Crippen LogP) is 11.9. The Kier molecular flexibility index (Phi) is 26.9. The molecule has 1 aromatic carbocycles. The highest BCUT2D eigenvalue weighted by Gasteiger charge is 2.65. The standard InChI is InChI=1S/C28H50O6.C15H22ClNO2.3C2H6/c1-10-11-12-23-21(6)26(29-8)19(4)14-17(2)13-18(3)24(15-20(5)31-23)33-25-16-28(30-9)27(34-28)22(7)32-25;1-10-8-14(15(18)11(2)19-10)17(3)9-12-6-4-5-7-13(12)16;3*1-2/h17-19,21-27H,5,10-16H2,1-4,6-9H3;4-7,10-11,14-15,18H,8-9H2,1-3H3;3*1-2H3. The molecule has 15 atom stereocenters. The van der Waals surface area contributed by atoms with E-state index in [4.69, 9.17) is 44.8 Å². The number of methoxy groups -OCH3 is 2. The summed E-state index contributed by atoms with van der Waals surface area (Å²) in [4.78, 5) is 2.17. The van der Waals surface area contributed by atoms with Crippen molar-refractivity contribution in [2.24, 2.45) is 23.7 Å². The zero-order chi connectivity index (χ0) is 45.0. The molecule has 10 heteroatoms. The fourth-order valence-corrected chi connectivity index (χ4v) is 9.39. The van der Waals surface area contributed by atoms with Gasteiger partial charge in [-0.25, -0.2) is 0 Å². The van der Waals surface area contributed by atoms with Gasteiger partial charge in [0.05, 0.1) is 48.8 Å². The minimum Gasteiger partial charge on any atom is -0.495 e. The second kappa shape index (κ2) is 28.4. The number of likely N-dealkylation sites (N-methyl/N-ethyl adjacent to an activating group) is 1. The molecule has 346 valence electrons. The van der Waals surface area contributed by atoms with Crippen LogP contribution in [0.25, 0.3) is 0 Å². The van der Waals surface area contributed by atoms with Crippen molar-refractivity contribution in [3.8, 4) is 0 Å². The summed E-state index contributed by atoms with van der Waals surface area (Å²) in [6, 6.07) is 7.95. The lowest BCUT2D eigenvalue weighted by atomic mass is 9.79. The Morgan fingerprint density at radius 3 is 2.12 bits per heavy atom. The van der Waals surface area contributed by atoms with Crippen molar-refractivity contribution < 1.29 is 38.3 Å². The maximum absolute atomic E-state index is 10.3. The zero-order valence-electron chi connectivity index (χ0n) is 40.6. The average molecular weight is 857 g/mol. The highest BCUT2D eigenvalue weighted by Crippen LogP contribution is 2.49. The first-order chi connectivity index (χ1) is 28.1. The number of fused-ring (bicyclic) bond motifs is 1. The van der Waals surface area contributed by atoms with Gasteiger partial charge in [0.25, 0.3) is 0 Å². The summed E-state index contributed by atoms with van der Waals surface area (Å²) in [5, 5.41) is 11.0. The minimum atomic E-state index is -0.553. The lowest BCUT2D eigenvalue weighted by Crippen LogP contribution is -2.53. The van der Waals surface area contributed by atoms with E-state index < -0.39 is 11.9 Å². The molecule has 15 unspecified atom stereocenters. The Bertz CT molecular complexity index is 1270. The normalized spacial score (nSPS) is 37.1. The molecule has 4 saturated heterocycles. The summed E-state index contributed by atoms with van der Waals surface area (Å²) in [6.07, 6.45) is 7.00. The first-order valence-corrected chi connectivity index (χ1v) is 23.7. The van der Waals surface area contributed by atoms with Gasteiger partial charge in [0.1, 0.15) is 12.2 Å². The maximum Gasteiger partial charge on any atom is 0.202 e. The van der Waals surface area contributed by atoms with E-state index in [0.717, 1.165) is 61.4 Å². The van der Waals surface area contributed by atoms with Crippen molar-refractivity contribution in [1.82, 2.24) is 4.90 Å². The summed E-state index contributed by atoms with van der Waals surface area (Å²) in [6.45, 7) is 34.6. The quantitative estimate of drug-likeness (QED) is 0.231. The molecule has 1 aromatic rings. The molecular formula is C49H90ClNO8. The largest absolute Gasteiger partial charge is 0.495 e.